The maximum Gasteiger partial charge on any atom is 0.410 e. The summed E-state index contributed by atoms with van der Waals surface area (Å²) in [6, 6.07) is 10.2. The fourth-order valence-corrected chi connectivity index (χ4v) is 4.58. The molecule has 2 aliphatic heterocycles. The van der Waals surface area contributed by atoms with Gasteiger partial charge in [0.05, 0.1) is 18.3 Å². The maximum atomic E-state index is 13.8. The summed E-state index contributed by atoms with van der Waals surface area (Å²) in [6.45, 7) is 7.02. The second-order valence-electron chi connectivity index (χ2n) is 10.1. The van der Waals surface area contributed by atoms with E-state index in [9.17, 15) is 14.0 Å². The molecule has 2 aliphatic rings. The summed E-state index contributed by atoms with van der Waals surface area (Å²) in [5.74, 6) is 0.141. The first kappa shape index (κ1) is 23.1. The zero-order chi connectivity index (χ0) is 24.7. The van der Waals surface area contributed by atoms with E-state index in [4.69, 9.17) is 9.84 Å². The largest absolute Gasteiger partial charge is 0.444 e. The number of hydrogen-bond acceptors (Lipinski definition) is 6. The van der Waals surface area contributed by atoms with Crippen LogP contribution in [-0.4, -0.2) is 62.8 Å². The molecule has 1 unspecified atom stereocenters. The molecule has 0 saturated carbocycles. The zero-order valence-corrected chi connectivity index (χ0v) is 20.1. The second-order valence-corrected chi connectivity index (χ2v) is 10.1. The van der Waals surface area contributed by atoms with Crippen LogP contribution in [0.1, 0.15) is 55.7 Å². The highest BCUT2D eigenvalue weighted by Gasteiger charge is 2.35. The number of rotatable bonds is 4. The lowest BCUT2D eigenvalue weighted by Crippen LogP contribution is -2.61. The molecule has 2 amide bonds. The Balaban J connectivity index is 1.29. The van der Waals surface area contributed by atoms with Gasteiger partial charge in [0, 0.05) is 19.6 Å². The van der Waals surface area contributed by atoms with Gasteiger partial charge < -0.3 is 19.9 Å². The Morgan fingerprint density at radius 2 is 1.97 bits per heavy atom. The third kappa shape index (κ3) is 4.78. The highest BCUT2D eigenvalue weighted by Crippen LogP contribution is 2.35. The minimum Gasteiger partial charge on any atom is -0.444 e. The van der Waals surface area contributed by atoms with E-state index in [0.717, 1.165) is 24.9 Å². The molecule has 3 aromatic rings. The fraction of sp³-hybridized carbons (Fsp3) is 0.440. The molecule has 1 N–H and O–H groups in total. The topological polar surface area (TPSA) is 92.1 Å². The fourth-order valence-electron chi connectivity index (χ4n) is 4.58. The summed E-state index contributed by atoms with van der Waals surface area (Å²) in [7, 11) is 0. The molecule has 10 heteroatoms. The number of aromatic nitrogens is 3. The van der Waals surface area contributed by atoms with E-state index in [1.807, 2.05) is 39.0 Å². The molecule has 184 valence electrons. The van der Waals surface area contributed by atoms with Crippen molar-refractivity contribution in [3.8, 4) is 0 Å². The molecule has 0 bridgehead atoms. The average molecular weight is 481 g/mol. The van der Waals surface area contributed by atoms with Crippen LogP contribution >= 0.6 is 0 Å². The number of halogens is 1. The van der Waals surface area contributed by atoms with Gasteiger partial charge in [-0.1, -0.05) is 12.1 Å². The van der Waals surface area contributed by atoms with Crippen molar-refractivity contribution in [1.29, 1.82) is 0 Å². The van der Waals surface area contributed by atoms with Gasteiger partial charge in [-0.2, -0.15) is 0 Å². The summed E-state index contributed by atoms with van der Waals surface area (Å²) in [5, 5.41) is 7.66. The van der Waals surface area contributed by atoms with Gasteiger partial charge in [-0.05, 0) is 63.4 Å². The smallest absolute Gasteiger partial charge is 0.410 e. The Morgan fingerprint density at radius 3 is 2.71 bits per heavy atom. The number of amides is 2. The monoisotopic (exact) mass is 480 g/mol. The van der Waals surface area contributed by atoms with Crippen LogP contribution < -0.4 is 10.2 Å². The standard InChI is InChI=1S/C25H29FN6O3/c1-25(2,3)35-24(34)30-14-18(15-30)28-23(33)20-13-27-21-9-10-22(29-32(20)21)31-11-5-8-19(31)16-6-4-7-17(26)12-16/h4,6-7,9-10,12-13,18-19H,5,8,11,14-15H2,1-3H3,(H,28,33). The van der Waals surface area contributed by atoms with E-state index in [1.54, 1.807) is 17.0 Å². The highest BCUT2D eigenvalue weighted by molar-refractivity contribution is 5.93. The van der Waals surface area contributed by atoms with Gasteiger partial charge in [0.1, 0.15) is 17.2 Å². The first-order valence-electron chi connectivity index (χ1n) is 11.8. The first-order chi connectivity index (χ1) is 16.7. The Morgan fingerprint density at radius 1 is 1.17 bits per heavy atom. The van der Waals surface area contributed by atoms with Gasteiger partial charge in [0.15, 0.2) is 11.3 Å². The van der Waals surface area contributed by atoms with Crippen molar-refractivity contribution in [2.24, 2.45) is 0 Å². The zero-order valence-electron chi connectivity index (χ0n) is 20.1. The van der Waals surface area contributed by atoms with E-state index in [2.05, 4.69) is 15.2 Å². The first-order valence-corrected chi connectivity index (χ1v) is 11.8. The lowest BCUT2D eigenvalue weighted by atomic mass is 10.0. The average Bonchev–Trinajstić information content (AvgIpc) is 3.41. The molecule has 0 aliphatic carbocycles. The number of benzene rings is 1. The Kier molecular flexibility index (Phi) is 5.82. The lowest BCUT2D eigenvalue weighted by molar-refractivity contribution is 0.00529. The minimum atomic E-state index is -0.561. The molecule has 4 heterocycles. The number of anilines is 1. The Hall–Kier alpha value is -3.69. The molecule has 2 aromatic heterocycles. The summed E-state index contributed by atoms with van der Waals surface area (Å²) in [4.78, 5) is 33.1. The quantitative estimate of drug-likeness (QED) is 0.614. The van der Waals surface area contributed by atoms with Crippen molar-refractivity contribution in [1.82, 2.24) is 24.8 Å². The van der Waals surface area contributed by atoms with E-state index >= 15 is 0 Å². The van der Waals surface area contributed by atoms with Crippen LogP contribution in [0.15, 0.2) is 42.6 Å². The molecule has 35 heavy (non-hydrogen) atoms. The number of imidazole rings is 1. The number of nitrogens with one attached hydrogen (secondary N) is 1. The predicted molar refractivity (Wildman–Crippen MR) is 128 cm³/mol. The summed E-state index contributed by atoms with van der Waals surface area (Å²) in [6.07, 6.45) is 2.98. The third-order valence-corrected chi connectivity index (χ3v) is 6.23. The molecule has 5 rings (SSSR count). The summed E-state index contributed by atoms with van der Waals surface area (Å²) < 4.78 is 20.7. The van der Waals surface area contributed by atoms with Crippen molar-refractivity contribution < 1.29 is 18.7 Å². The SMILES string of the molecule is CC(C)(C)OC(=O)N1CC(NC(=O)c2cnc3ccc(N4CCCC4c4cccc(F)c4)nn23)C1. The molecule has 2 saturated heterocycles. The van der Waals surface area contributed by atoms with Crippen molar-refractivity contribution in [3.05, 3.63) is 59.7 Å². The van der Waals surface area contributed by atoms with Gasteiger partial charge in [-0.15, -0.1) is 5.10 Å². The van der Waals surface area contributed by atoms with E-state index in [-0.39, 0.29) is 29.9 Å². The lowest BCUT2D eigenvalue weighted by Gasteiger charge is -2.39. The Bertz CT molecular complexity index is 1260. The van der Waals surface area contributed by atoms with Crippen LogP contribution in [0.4, 0.5) is 15.0 Å². The molecule has 1 aromatic carbocycles. The summed E-state index contributed by atoms with van der Waals surface area (Å²) in [5.41, 5.74) is 1.23. The van der Waals surface area contributed by atoms with Gasteiger partial charge in [-0.25, -0.2) is 18.7 Å². The van der Waals surface area contributed by atoms with Crippen molar-refractivity contribution in [3.63, 3.8) is 0 Å². The van der Waals surface area contributed by atoms with Crippen LogP contribution in [0.25, 0.3) is 5.65 Å². The highest BCUT2D eigenvalue weighted by atomic mass is 19.1. The number of likely N-dealkylation sites (tertiary alicyclic amines) is 1. The molecular formula is C25H29FN6O3. The van der Waals surface area contributed by atoms with Crippen molar-refractivity contribution in [2.75, 3.05) is 24.5 Å². The van der Waals surface area contributed by atoms with Crippen LogP contribution in [0.2, 0.25) is 0 Å². The van der Waals surface area contributed by atoms with E-state index < -0.39 is 5.60 Å². The van der Waals surface area contributed by atoms with Crippen molar-refractivity contribution in [2.45, 2.75) is 51.3 Å². The number of carbonyl (C=O) groups excluding carboxylic acids is 2. The van der Waals surface area contributed by atoms with Crippen LogP contribution in [-0.2, 0) is 4.74 Å². The molecule has 0 spiro atoms. The number of carbonyl (C=O) groups is 2. The van der Waals surface area contributed by atoms with E-state index in [0.29, 0.717) is 30.2 Å². The molecule has 1 atom stereocenters. The van der Waals surface area contributed by atoms with E-state index in [1.165, 1.54) is 16.8 Å². The van der Waals surface area contributed by atoms with Gasteiger partial charge in [0.2, 0.25) is 0 Å². The Labute approximate surface area is 202 Å². The maximum absolute atomic E-state index is 13.8. The normalized spacial score (nSPS) is 18.6. The number of fused-ring (bicyclic) bond motifs is 1. The van der Waals surface area contributed by atoms with Crippen LogP contribution in [0.3, 0.4) is 0 Å². The van der Waals surface area contributed by atoms with Gasteiger partial charge >= 0.3 is 6.09 Å². The second kappa shape index (κ2) is 8.83. The minimum absolute atomic E-state index is 0.0188. The molecule has 0 radical (unpaired) electrons. The van der Waals surface area contributed by atoms with Crippen LogP contribution in [0, 0.1) is 5.82 Å². The molecular weight excluding hydrogens is 451 g/mol. The predicted octanol–water partition coefficient (Wildman–Crippen LogP) is 3.56. The molecule has 2 fully saturated rings. The number of hydrogen-bond donors (Lipinski definition) is 1. The summed E-state index contributed by atoms with van der Waals surface area (Å²) >= 11 is 0. The van der Waals surface area contributed by atoms with Crippen LogP contribution in [0.5, 0.6) is 0 Å². The number of ether oxygens (including phenoxy) is 1. The van der Waals surface area contributed by atoms with Gasteiger partial charge in [-0.3, -0.25) is 4.79 Å². The molecule has 9 nitrogen and oxygen atoms in total. The third-order valence-electron chi connectivity index (χ3n) is 6.23. The van der Waals surface area contributed by atoms with Gasteiger partial charge in [0.25, 0.3) is 5.91 Å². The number of nitrogens with zero attached hydrogens (tertiary/aromatic N) is 5. The van der Waals surface area contributed by atoms with Crippen molar-refractivity contribution >= 4 is 23.5 Å².